The third-order valence-electron chi connectivity index (χ3n) is 6.14. The zero-order chi connectivity index (χ0) is 30.3. The van der Waals surface area contributed by atoms with Gasteiger partial charge in [0.25, 0.3) is 0 Å². The van der Waals surface area contributed by atoms with Gasteiger partial charge in [-0.1, -0.05) is 60.7 Å². The second-order valence-electron chi connectivity index (χ2n) is 9.12. The summed E-state index contributed by atoms with van der Waals surface area (Å²) in [6, 6.07) is 28.5. The minimum absolute atomic E-state index is 0.283. The predicted molar refractivity (Wildman–Crippen MR) is 149 cm³/mol. The molecule has 0 amide bonds. The summed E-state index contributed by atoms with van der Waals surface area (Å²) in [5.41, 5.74) is 7.35. The second-order valence-corrected chi connectivity index (χ2v) is 9.12. The molecule has 5 rings (SSSR count). The summed E-state index contributed by atoms with van der Waals surface area (Å²) in [6.45, 7) is 1.37. The molecule has 0 bridgehead atoms. The fraction of sp³-hybridized carbons (Fsp3) is 0.129. The number of fused-ring (bicyclic) bond motifs is 1. The van der Waals surface area contributed by atoms with Crippen molar-refractivity contribution in [1.29, 1.82) is 0 Å². The molecule has 0 spiro atoms. The van der Waals surface area contributed by atoms with Gasteiger partial charge in [0.15, 0.2) is 0 Å². The van der Waals surface area contributed by atoms with Crippen LogP contribution in [0.4, 0.5) is 17.6 Å². The Balaban J connectivity index is 0.000000517. The van der Waals surface area contributed by atoms with Crippen LogP contribution < -0.4 is 5.32 Å². The van der Waals surface area contributed by atoms with Gasteiger partial charge in [0.05, 0.1) is 23.7 Å². The number of carboxylic acids is 1. The molecule has 0 atom stereocenters. The van der Waals surface area contributed by atoms with Crippen LogP contribution in [-0.4, -0.2) is 40.3 Å². The Labute approximate surface area is 237 Å². The predicted octanol–water partition coefficient (Wildman–Crippen LogP) is 6.75. The average molecular weight is 580 g/mol. The van der Waals surface area contributed by atoms with Crippen molar-refractivity contribution in [2.24, 2.45) is 0 Å². The number of aliphatic carboxylic acids is 1. The maximum absolute atomic E-state index is 13.5. The first-order valence-electron chi connectivity index (χ1n) is 12.6. The van der Waals surface area contributed by atoms with Crippen molar-refractivity contribution < 1.29 is 37.0 Å². The topological polar surface area (TPSA) is 104 Å². The van der Waals surface area contributed by atoms with Gasteiger partial charge in [-0.05, 0) is 52.6 Å². The first kappa shape index (κ1) is 29.9. The molecule has 0 unspecified atom stereocenters. The summed E-state index contributed by atoms with van der Waals surface area (Å²) in [5, 5.41) is 10.5. The molecule has 0 aliphatic heterocycles. The highest BCUT2D eigenvalue weighted by atomic mass is 19.4. The maximum Gasteiger partial charge on any atom is 0.490 e. The van der Waals surface area contributed by atoms with E-state index in [2.05, 4.69) is 51.7 Å². The molecule has 0 aliphatic carbocycles. The number of ether oxygens (including phenoxy) is 1. The molecule has 5 aromatic rings. The number of imidazole rings is 1. The van der Waals surface area contributed by atoms with Crippen LogP contribution in [-0.2, 0) is 22.6 Å². The molecule has 1 heterocycles. The number of halogens is 4. The minimum atomic E-state index is -5.08. The van der Waals surface area contributed by atoms with Crippen LogP contribution in [0.15, 0.2) is 91.0 Å². The first-order valence-corrected chi connectivity index (χ1v) is 12.6. The molecule has 7 nitrogen and oxygen atoms in total. The number of benzene rings is 4. The number of aromatic nitrogens is 2. The van der Waals surface area contributed by atoms with Crippen molar-refractivity contribution in [3.63, 3.8) is 0 Å². The van der Waals surface area contributed by atoms with E-state index in [1.54, 1.807) is 12.1 Å². The van der Waals surface area contributed by atoms with Crippen molar-refractivity contribution in [2.75, 3.05) is 7.11 Å². The number of H-pyrrole nitrogens is 1. The van der Waals surface area contributed by atoms with Crippen LogP contribution in [0.2, 0.25) is 0 Å². The van der Waals surface area contributed by atoms with E-state index in [-0.39, 0.29) is 11.8 Å². The van der Waals surface area contributed by atoms with Gasteiger partial charge in [-0.2, -0.15) is 13.2 Å². The summed E-state index contributed by atoms with van der Waals surface area (Å²) < 4.78 is 50.0. The molecular weight excluding hydrogens is 554 g/mol. The van der Waals surface area contributed by atoms with E-state index in [0.717, 1.165) is 33.6 Å². The molecule has 11 heteroatoms. The number of esters is 1. The number of hydrogen-bond donors (Lipinski definition) is 3. The molecule has 3 N–H and O–H groups in total. The van der Waals surface area contributed by atoms with Crippen LogP contribution >= 0.6 is 0 Å². The zero-order valence-corrected chi connectivity index (χ0v) is 22.2. The van der Waals surface area contributed by atoms with E-state index in [4.69, 9.17) is 14.6 Å². The highest BCUT2D eigenvalue weighted by Gasteiger charge is 2.38. The van der Waals surface area contributed by atoms with Gasteiger partial charge in [0.1, 0.15) is 11.6 Å². The molecule has 4 aromatic carbocycles. The minimum Gasteiger partial charge on any atom is -0.475 e. The van der Waals surface area contributed by atoms with Crippen molar-refractivity contribution in [1.82, 2.24) is 15.3 Å². The number of aromatic amines is 1. The molecule has 42 heavy (non-hydrogen) atoms. The lowest BCUT2D eigenvalue weighted by atomic mass is 10.0. The summed E-state index contributed by atoms with van der Waals surface area (Å²) in [4.78, 5) is 28.3. The number of alkyl halides is 3. The van der Waals surface area contributed by atoms with E-state index in [9.17, 15) is 22.4 Å². The molecular formula is C31H25F4N3O4. The van der Waals surface area contributed by atoms with Crippen LogP contribution in [0, 0.1) is 5.82 Å². The fourth-order valence-corrected chi connectivity index (χ4v) is 4.03. The number of carbonyl (C=O) groups excluding carboxylic acids is 1. The van der Waals surface area contributed by atoms with Crippen LogP contribution in [0.5, 0.6) is 0 Å². The van der Waals surface area contributed by atoms with Crippen LogP contribution in [0.25, 0.3) is 33.5 Å². The molecule has 0 aliphatic rings. The Kier molecular flexibility index (Phi) is 9.33. The Morgan fingerprint density at radius 3 is 2.07 bits per heavy atom. The van der Waals surface area contributed by atoms with Crippen LogP contribution in [0.3, 0.4) is 0 Å². The molecule has 1 aromatic heterocycles. The van der Waals surface area contributed by atoms with Crippen molar-refractivity contribution in [2.45, 2.75) is 19.3 Å². The van der Waals surface area contributed by atoms with E-state index in [1.165, 1.54) is 24.8 Å². The third kappa shape index (κ3) is 7.79. The number of carboxylic acid groups (broad SMARTS) is 1. The zero-order valence-electron chi connectivity index (χ0n) is 22.2. The largest absolute Gasteiger partial charge is 0.490 e. The average Bonchev–Trinajstić information content (AvgIpc) is 3.40. The molecule has 0 saturated carbocycles. The lowest BCUT2D eigenvalue weighted by Gasteiger charge is -2.08. The first-order chi connectivity index (χ1) is 20.0. The van der Waals surface area contributed by atoms with Gasteiger partial charge < -0.3 is 20.1 Å². The Morgan fingerprint density at radius 2 is 1.45 bits per heavy atom. The van der Waals surface area contributed by atoms with E-state index in [0.29, 0.717) is 24.2 Å². The van der Waals surface area contributed by atoms with Gasteiger partial charge >= 0.3 is 18.1 Å². The Bertz CT molecular complexity index is 1680. The monoisotopic (exact) mass is 579 g/mol. The van der Waals surface area contributed by atoms with Gasteiger partial charge in [-0.15, -0.1) is 0 Å². The number of carbonyl (C=O) groups is 2. The lowest BCUT2D eigenvalue weighted by molar-refractivity contribution is -0.192. The summed E-state index contributed by atoms with van der Waals surface area (Å²) in [7, 11) is 1.38. The molecule has 216 valence electrons. The SMILES string of the molecule is COC(=O)c1cccc(CNCc2ccc(-c3ccc(-c4nc5ccc(F)cc5[nH]4)cc3)cc2)c1.O=C(O)C(F)(F)F. The van der Waals surface area contributed by atoms with Gasteiger partial charge in [0.2, 0.25) is 0 Å². The van der Waals surface area contributed by atoms with E-state index in [1.807, 2.05) is 30.3 Å². The molecule has 0 fully saturated rings. The highest BCUT2D eigenvalue weighted by Crippen LogP contribution is 2.25. The number of rotatable bonds is 7. The van der Waals surface area contributed by atoms with Gasteiger partial charge in [0, 0.05) is 18.7 Å². The quantitative estimate of drug-likeness (QED) is 0.146. The molecule has 0 saturated heterocycles. The number of nitrogens with zero attached hydrogens (tertiary/aromatic N) is 1. The van der Waals surface area contributed by atoms with Crippen molar-refractivity contribution >= 4 is 23.0 Å². The van der Waals surface area contributed by atoms with Crippen molar-refractivity contribution in [3.05, 3.63) is 114 Å². The summed E-state index contributed by atoms with van der Waals surface area (Å²) in [5.74, 6) is -2.65. The molecule has 0 radical (unpaired) electrons. The number of nitrogens with one attached hydrogen (secondary N) is 2. The van der Waals surface area contributed by atoms with Crippen LogP contribution in [0.1, 0.15) is 21.5 Å². The summed E-state index contributed by atoms with van der Waals surface area (Å²) in [6.07, 6.45) is -5.08. The Morgan fingerprint density at radius 1 is 0.857 bits per heavy atom. The Hall–Kier alpha value is -5.03. The standard InChI is InChI=1S/C29H24FN3O2.C2HF3O2/c1-35-29(34)24-4-2-3-20(15-24)18-31-17-19-5-7-21(8-6-19)22-9-11-23(12-10-22)28-32-26-14-13-25(30)16-27(26)33-28;3-2(4,5)1(6)7/h2-16,31H,17-18H2,1H3,(H,32,33);(H,6,7). The smallest absolute Gasteiger partial charge is 0.475 e. The second kappa shape index (κ2) is 13.1. The lowest BCUT2D eigenvalue weighted by Crippen LogP contribution is -2.21. The van der Waals surface area contributed by atoms with E-state index >= 15 is 0 Å². The number of methoxy groups -OCH3 is 1. The van der Waals surface area contributed by atoms with E-state index < -0.39 is 12.1 Å². The van der Waals surface area contributed by atoms with Crippen molar-refractivity contribution in [3.8, 4) is 22.5 Å². The maximum atomic E-state index is 13.5. The number of hydrogen-bond acceptors (Lipinski definition) is 5. The van der Waals surface area contributed by atoms with Gasteiger partial charge in [-0.3, -0.25) is 0 Å². The fourth-order valence-electron chi connectivity index (χ4n) is 4.03. The normalized spacial score (nSPS) is 11.1. The van der Waals surface area contributed by atoms with Gasteiger partial charge in [-0.25, -0.2) is 19.0 Å². The highest BCUT2D eigenvalue weighted by molar-refractivity contribution is 5.89. The third-order valence-corrected chi connectivity index (χ3v) is 6.14. The summed E-state index contributed by atoms with van der Waals surface area (Å²) >= 11 is 0.